The van der Waals surface area contributed by atoms with Crippen molar-refractivity contribution in [3.8, 4) is 11.8 Å². The fourth-order valence-electron chi connectivity index (χ4n) is 1.41. The maximum absolute atomic E-state index is 11.7. The van der Waals surface area contributed by atoms with Crippen LogP contribution in [0.25, 0.3) is 0 Å². The number of aliphatic hydroxyl groups is 1. The van der Waals surface area contributed by atoms with Crippen molar-refractivity contribution < 1.29 is 14.6 Å². The predicted molar refractivity (Wildman–Crippen MR) is 71.6 cm³/mol. The van der Waals surface area contributed by atoms with Crippen molar-refractivity contribution in [3.63, 3.8) is 0 Å². The lowest BCUT2D eigenvalue weighted by Crippen LogP contribution is -2.25. The van der Waals surface area contributed by atoms with E-state index in [0.29, 0.717) is 24.4 Å². The topological polar surface area (TPSA) is 71.5 Å². The van der Waals surface area contributed by atoms with E-state index in [9.17, 15) is 4.79 Å². The van der Waals surface area contributed by atoms with Gasteiger partial charge in [-0.2, -0.15) is 0 Å². The third-order valence-corrected chi connectivity index (χ3v) is 2.37. The molecule has 1 heterocycles. The second-order valence-corrected chi connectivity index (χ2v) is 3.85. The van der Waals surface area contributed by atoms with Gasteiger partial charge in [-0.1, -0.05) is 11.8 Å². The third kappa shape index (κ3) is 6.00. The molecule has 0 aromatic carbocycles. The van der Waals surface area contributed by atoms with Gasteiger partial charge in [0.2, 0.25) is 0 Å². The Morgan fingerprint density at radius 1 is 1.47 bits per heavy atom. The Balaban J connectivity index is 2.40. The highest BCUT2D eigenvalue weighted by atomic mass is 16.5. The van der Waals surface area contributed by atoms with Crippen LogP contribution in [0.3, 0.4) is 0 Å². The first-order valence-electron chi connectivity index (χ1n) is 6.11. The van der Waals surface area contributed by atoms with Crippen molar-refractivity contribution in [2.45, 2.75) is 12.8 Å². The number of unbranched alkanes of at least 4 members (excludes halogenated alkanes) is 1. The quantitative estimate of drug-likeness (QED) is 0.581. The number of aliphatic hydroxyl groups excluding tert-OH is 1. The van der Waals surface area contributed by atoms with Crippen molar-refractivity contribution in [1.29, 1.82) is 0 Å². The summed E-state index contributed by atoms with van der Waals surface area (Å²) in [6.45, 7) is 1.12. The number of methoxy groups -OCH3 is 1. The summed E-state index contributed by atoms with van der Waals surface area (Å²) in [5.74, 6) is 5.04. The first kappa shape index (κ1) is 15.2. The zero-order valence-corrected chi connectivity index (χ0v) is 11.0. The largest absolute Gasteiger partial charge is 0.385 e. The molecule has 0 aliphatic heterocycles. The number of carbonyl (C=O) groups excluding carboxylic acids is 1. The van der Waals surface area contributed by atoms with Crippen LogP contribution < -0.4 is 5.32 Å². The van der Waals surface area contributed by atoms with E-state index in [1.54, 1.807) is 19.2 Å². The molecule has 0 spiro atoms. The highest BCUT2D eigenvalue weighted by molar-refractivity contribution is 5.92. The van der Waals surface area contributed by atoms with Gasteiger partial charge in [0, 0.05) is 32.0 Å². The van der Waals surface area contributed by atoms with Crippen molar-refractivity contribution in [1.82, 2.24) is 10.3 Å². The Bertz CT molecular complexity index is 446. The Hall–Kier alpha value is -1.90. The average molecular weight is 262 g/mol. The fourth-order valence-corrected chi connectivity index (χ4v) is 1.41. The van der Waals surface area contributed by atoms with Gasteiger partial charge in [0.15, 0.2) is 0 Å². The molecule has 0 saturated heterocycles. The lowest BCUT2D eigenvalue weighted by atomic mass is 10.2. The number of amides is 1. The summed E-state index contributed by atoms with van der Waals surface area (Å²) >= 11 is 0. The molecule has 1 rings (SSSR count). The summed E-state index contributed by atoms with van der Waals surface area (Å²) < 4.78 is 4.92. The molecule has 19 heavy (non-hydrogen) atoms. The average Bonchev–Trinajstić information content (AvgIpc) is 2.45. The molecule has 0 aliphatic carbocycles. The normalized spacial score (nSPS) is 9.58. The van der Waals surface area contributed by atoms with Crippen LogP contribution in [0.5, 0.6) is 0 Å². The molecule has 0 aliphatic rings. The van der Waals surface area contributed by atoms with Crippen molar-refractivity contribution >= 4 is 5.91 Å². The fraction of sp³-hybridized carbons (Fsp3) is 0.429. The van der Waals surface area contributed by atoms with Gasteiger partial charge in [-0.05, 0) is 25.0 Å². The molecule has 0 atom stereocenters. The van der Waals surface area contributed by atoms with Gasteiger partial charge in [0.05, 0.1) is 0 Å². The molecule has 102 valence electrons. The first-order valence-corrected chi connectivity index (χ1v) is 6.11. The maximum atomic E-state index is 11.7. The van der Waals surface area contributed by atoms with E-state index in [2.05, 4.69) is 22.1 Å². The number of rotatable bonds is 6. The summed E-state index contributed by atoms with van der Waals surface area (Å²) in [5.41, 5.74) is 1.03. The Morgan fingerprint density at radius 2 is 2.32 bits per heavy atom. The molecule has 0 radical (unpaired) electrons. The van der Waals surface area contributed by atoms with Crippen LogP contribution in [0.1, 0.15) is 28.9 Å². The Kier molecular flexibility index (Phi) is 7.25. The van der Waals surface area contributed by atoms with Gasteiger partial charge in [-0.25, -0.2) is 4.98 Å². The molecule has 1 aromatic heterocycles. The van der Waals surface area contributed by atoms with Crippen molar-refractivity contribution in [3.05, 3.63) is 29.6 Å². The van der Waals surface area contributed by atoms with E-state index in [1.807, 2.05) is 0 Å². The van der Waals surface area contributed by atoms with Crippen LogP contribution in [-0.4, -0.2) is 42.9 Å². The lowest BCUT2D eigenvalue weighted by molar-refractivity contribution is 0.0946. The molecule has 5 nitrogen and oxygen atoms in total. The molecule has 5 heteroatoms. The zero-order valence-electron chi connectivity index (χ0n) is 11.0. The van der Waals surface area contributed by atoms with Gasteiger partial charge >= 0.3 is 0 Å². The number of ether oxygens (including phenoxy) is 1. The number of nitrogens with one attached hydrogen (secondary N) is 1. The second-order valence-electron chi connectivity index (χ2n) is 3.85. The molecule has 2 N–H and O–H groups in total. The number of hydrogen-bond acceptors (Lipinski definition) is 4. The van der Waals surface area contributed by atoms with Gasteiger partial charge in [-0.15, -0.1) is 0 Å². The summed E-state index contributed by atoms with van der Waals surface area (Å²) in [6, 6.07) is 3.32. The third-order valence-electron chi connectivity index (χ3n) is 2.37. The minimum atomic E-state index is -0.195. The maximum Gasteiger partial charge on any atom is 0.269 e. The van der Waals surface area contributed by atoms with Crippen molar-refractivity contribution in [2.75, 3.05) is 26.9 Å². The Morgan fingerprint density at radius 3 is 2.95 bits per heavy atom. The summed E-state index contributed by atoms with van der Waals surface area (Å²) in [4.78, 5) is 15.7. The molecular formula is C14H18N2O3. The van der Waals surface area contributed by atoms with E-state index >= 15 is 0 Å². The lowest BCUT2D eigenvalue weighted by Gasteiger charge is -2.04. The molecular weight excluding hydrogens is 244 g/mol. The molecule has 0 bridgehead atoms. The van der Waals surface area contributed by atoms with E-state index < -0.39 is 0 Å². The van der Waals surface area contributed by atoms with Crippen LogP contribution in [0.4, 0.5) is 0 Å². The van der Waals surface area contributed by atoms with Crippen LogP contribution >= 0.6 is 0 Å². The number of pyridine rings is 1. The first-order chi connectivity index (χ1) is 9.27. The van der Waals surface area contributed by atoms with Crippen LogP contribution in [0.15, 0.2) is 18.3 Å². The summed E-state index contributed by atoms with van der Waals surface area (Å²) in [7, 11) is 1.66. The summed E-state index contributed by atoms with van der Waals surface area (Å²) in [6.07, 6.45) is 3.31. The van der Waals surface area contributed by atoms with Gasteiger partial charge in [0.25, 0.3) is 5.91 Å². The zero-order chi connectivity index (χ0) is 13.9. The van der Waals surface area contributed by atoms with Gasteiger partial charge in [-0.3, -0.25) is 4.79 Å². The standard InChI is InChI=1S/C14H18N2O3/c1-19-10-3-2-8-15-14(18)13-7-6-12(11-16-13)5-4-9-17/h6-7,11,17H,2-3,8-10H2,1H3,(H,15,18). The molecule has 0 saturated carbocycles. The van der Waals surface area contributed by atoms with Crippen LogP contribution in [-0.2, 0) is 4.74 Å². The van der Waals surface area contributed by atoms with Crippen LogP contribution in [0, 0.1) is 11.8 Å². The number of hydrogen-bond donors (Lipinski definition) is 2. The highest BCUT2D eigenvalue weighted by Crippen LogP contribution is 1.99. The minimum absolute atomic E-state index is 0.191. The van der Waals surface area contributed by atoms with E-state index in [4.69, 9.17) is 9.84 Å². The smallest absolute Gasteiger partial charge is 0.269 e. The van der Waals surface area contributed by atoms with E-state index in [-0.39, 0.29) is 12.5 Å². The molecule has 1 amide bonds. The monoisotopic (exact) mass is 262 g/mol. The number of nitrogens with zero attached hydrogens (tertiary/aromatic N) is 1. The predicted octanol–water partition coefficient (Wildman–Crippen LogP) is 0.582. The van der Waals surface area contributed by atoms with Crippen molar-refractivity contribution in [2.24, 2.45) is 0 Å². The minimum Gasteiger partial charge on any atom is -0.385 e. The number of carbonyl (C=O) groups is 1. The number of aromatic nitrogens is 1. The van der Waals surface area contributed by atoms with Gasteiger partial charge in [0.1, 0.15) is 12.3 Å². The molecule has 0 fully saturated rings. The summed E-state index contributed by atoms with van der Waals surface area (Å²) in [5, 5.41) is 11.3. The highest BCUT2D eigenvalue weighted by Gasteiger charge is 2.05. The molecule has 1 aromatic rings. The van der Waals surface area contributed by atoms with E-state index in [1.165, 1.54) is 6.20 Å². The van der Waals surface area contributed by atoms with Gasteiger partial charge < -0.3 is 15.2 Å². The second kappa shape index (κ2) is 9.09. The molecule has 0 unspecified atom stereocenters. The Labute approximate surface area is 113 Å². The van der Waals surface area contributed by atoms with Crippen LogP contribution in [0.2, 0.25) is 0 Å². The SMILES string of the molecule is COCCCCNC(=O)c1ccc(C#CCO)cn1. The van der Waals surface area contributed by atoms with E-state index in [0.717, 1.165) is 12.8 Å².